The van der Waals surface area contributed by atoms with Crippen LogP contribution in [0.25, 0.3) is 11.1 Å². The van der Waals surface area contributed by atoms with Gasteiger partial charge in [-0.2, -0.15) is 0 Å². The maximum atomic E-state index is 12.0. The third-order valence-corrected chi connectivity index (χ3v) is 3.94. The lowest BCUT2D eigenvalue weighted by atomic mass is 9.99. The third kappa shape index (κ3) is 3.48. The summed E-state index contributed by atoms with van der Waals surface area (Å²) in [7, 11) is 0. The minimum Gasteiger partial charge on any atom is -0.294 e. The summed E-state index contributed by atoms with van der Waals surface area (Å²) in [6, 6.07) is 10.3. The molecule has 2 nitrogen and oxygen atoms in total. The third-order valence-electron chi connectivity index (χ3n) is 3.05. The van der Waals surface area contributed by atoms with Crippen molar-refractivity contribution < 1.29 is 4.79 Å². The van der Waals surface area contributed by atoms with E-state index in [0.29, 0.717) is 5.56 Å². The van der Waals surface area contributed by atoms with Gasteiger partial charge in [-0.3, -0.25) is 9.78 Å². The highest BCUT2D eigenvalue weighted by molar-refractivity contribution is 7.99. The first-order chi connectivity index (χ1) is 9.61. The largest absolute Gasteiger partial charge is 0.294 e. The van der Waals surface area contributed by atoms with E-state index in [1.165, 1.54) is 4.90 Å². The molecule has 0 fully saturated rings. The van der Waals surface area contributed by atoms with Gasteiger partial charge >= 0.3 is 0 Å². The maximum absolute atomic E-state index is 12.0. The van der Waals surface area contributed by atoms with E-state index in [-0.39, 0.29) is 11.7 Å². The van der Waals surface area contributed by atoms with Crippen molar-refractivity contribution in [1.82, 2.24) is 4.98 Å². The van der Waals surface area contributed by atoms with Crippen LogP contribution in [-0.4, -0.2) is 16.5 Å². The van der Waals surface area contributed by atoms with Gasteiger partial charge in [-0.15, -0.1) is 11.8 Å². The van der Waals surface area contributed by atoms with E-state index in [9.17, 15) is 4.79 Å². The lowest BCUT2D eigenvalue weighted by Crippen LogP contribution is -2.07. The van der Waals surface area contributed by atoms with Crippen LogP contribution in [0.4, 0.5) is 0 Å². The molecule has 0 aliphatic heterocycles. The summed E-state index contributed by atoms with van der Waals surface area (Å²) in [5, 5.41) is 0. The van der Waals surface area contributed by atoms with Crippen LogP contribution in [0.5, 0.6) is 0 Å². The first kappa shape index (κ1) is 14.8. The Kier molecular flexibility index (Phi) is 4.96. The van der Waals surface area contributed by atoms with E-state index in [2.05, 4.69) is 36.2 Å². The lowest BCUT2D eigenvalue weighted by molar-refractivity contribution is 0.0939. The summed E-state index contributed by atoms with van der Waals surface area (Å²) in [4.78, 5) is 17.5. The fraction of sp³-hybridized carbons (Fsp3) is 0.294. The maximum Gasteiger partial charge on any atom is 0.166 e. The van der Waals surface area contributed by atoms with Crippen LogP contribution in [0.1, 0.15) is 31.1 Å². The van der Waals surface area contributed by atoms with Crippen LogP contribution in [0.15, 0.2) is 47.6 Å². The molecule has 0 saturated carbocycles. The van der Waals surface area contributed by atoms with Gasteiger partial charge in [0.1, 0.15) is 0 Å². The number of nitrogens with zero attached hydrogens (tertiary/aromatic N) is 1. The summed E-state index contributed by atoms with van der Waals surface area (Å²) < 4.78 is 0. The predicted octanol–water partition coefficient (Wildman–Crippen LogP) is 4.70. The van der Waals surface area contributed by atoms with Crippen molar-refractivity contribution in [1.29, 1.82) is 0 Å². The number of aromatic nitrogens is 1. The zero-order chi connectivity index (χ0) is 14.5. The molecule has 0 radical (unpaired) electrons. The van der Waals surface area contributed by atoms with Crippen molar-refractivity contribution in [2.45, 2.75) is 25.7 Å². The standard InChI is InChI=1S/C17H19NOS/c1-4-20-16-7-5-13(6-8-16)14-9-15(11-18-10-14)17(19)12(2)3/h5-12H,4H2,1-3H3. The van der Waals surface area contributed by atoms with Crippen LogP contribution in [0.2, 0.25) is 0 Å². The van der Waals surface area contributed by atoms with Gasteiger partial charge in [0.25, 0.3) is 0 Å². The smallest absolute Gasteiger partial charge is 0.166 e. The first-order valence-electron chi connectivity index (χ1n) is 6.84. The van der Waals surface area contributed by atoms with Gasteiger partial charge in [0.05, 0.1) is 0 Å². The van der Waals surface area contributed by atoms with E-state index < -0.39 is 0 Å². The second kappa shape index (κ2) is 6.71. The summed E-state index contributed by atoms with van der Waals surface area (Å²) in [6.07, 6.45) is 3.45. The number of carbonyl (C=O) groups excluding carboxylic acids is 1. The highest BCUT2D eigenvalue weighted by Crippen LogP contribution is 2.24. The molecule has 104 valence electrons. The molecule has 3 heteroatoms. The van der Waals surface area contributed by atoms with Crippen LogP contribution in [0.3, 0.4) is 0 Å². The molecule has 0 aliphatic rings. The molecule has 0 atom stereocenters. The van der Waals surface area contributed by atoms with Gasteiger partial charge in [-0.25, -0.2) is 0 Å². The number of thioether (sulfide) groups is 1. The average molecular weight is 285 g/mol. The van der Waals surface area contributed by atoms with Gasteiger partial charge in [0, 0.05) is 34.3 Å². The van der Waals surface area contributed by atoms with Gasteiger partial charge < -0.3 is 0 Å². The summed E-state index contributed by atoms with van der Waals surface area (Å²) >= 11 is 1.82. The van der Waals surface area contributed by atoms with Gasteiger partial charge in [0.15, 0.2) is 5.78 Å². The quantitative estimate of drug-likeness (QED) is 0.589. The second-order valence-electron chi connectivity index (χ2n) is 4.94. The van der Waals surface area contributed by atoms with Gasteiger partial charge in [0.2, 0.25) is 0 Å². The Morgan fingerprint density at radius 2 is 1.85 bits per heavy atom. The van der Waals surface area contributed by atoms with Gasteiger partial charge in [-0.05, 0) is 29.5 Å². The molecule has 0 unspecified atom stereocenters. The zero-order valence-corrected chi connectivity index (χ0v) is 12.9. The Bertz CT molecular complexity index is 590. The molecule has 2 aromatic rings. The van der Waals surface area contributed by atoms with Crippen LogP contribution >= 0.6 is 11.8 Å². The Morgan fingerprint density at radius 3 is 2.45 bits per heavy atom. The molecule has 0 bridgehead atoms. The van der Waals surface area contributed by atoms with Crippen molar-refractivity contribution in [3.05, 3.63) is 48.3 Å². The normalized spacial score (nSPS) is 10.8. The van der Waals surface area contributed by atoms with Crippen molar-refractivity contribution in [2.24, 2.45) is 5.92 Å². The number of pyridine rings is 1. The molecule has 20 heavy (non-hydrogen) atoms. The predicted molar refractivity (Wildman–Crippen MR) is 85.2 cm³/mol. The molecular weight excluding hydrogens is 266 g/mol. The minimum atomic E-state index is -0.00428. The first-order valence-corrected chi connectivity index (χ1v) is 7.83. The molecule has 0 saturated heterocycles. The van der Waals surface area contributed by atoms with Crippen LogP contribution in [0, 0.1) is 5.92 Å². The number of benzene rings is 1. The summed E-state index contributed by atoms with van der Waals surface area (Å²) in [6.45, 7) is 5.96. The molecule has 2 rings (SSSR count). The highest BCUT2D eigenvalue weighted by atomic mass is 32.2. The zero-order valence-electron chi connectivity index (χ0n) is 12.1. The Hall–Kier alpha value is -1.61. The fourth-order valence-electron chi connectivity index (χ4n) is 1.98. The number of rotatable bonds is 5. The molecule has 0 spiro atoms. The molecule has 1 aromatic heterocycles. The summed E-state index contributed by atoms with van der Waals surface area (Å²) in [5.74, 6) is 1.20. The van der Waals surface area contributed by atoms with Crippen LogP contribution < -0.4 is 0 Å². The summed E-state index contributed by atoms with van der Waals surface area (Å²) in [5.41, 5.74) is 2.77. The Labute approximate surface area is 124 Å². The van der Waals surface area contributed by atoms with E-state index in [4.69, 9.17) is 0 Å². The number of carbonyl (C=O) groups is 1. The van der Waals surface area contributed by atoms with Crippen molar-refractivity contribution in [2.75, 3.05) is 5.75 Å². The monoisotopic (exact) mass is 285 g/mol. The fourth-order valence-corrected chi connectivity index (χ4v) is 2.64. The highest BCUT2D eigenvalue weighted by Gasteiger charge is 2.11. The van der Waals surface area contributed by atoms with E-state index in [1.807, 2.05) is 31.7 Å². The molecule has 1 aromatic carbocycles. The number of ketones is 1. The van der Waals surface area contributed by atoms with E-state index in [0.717, 1.165) is 16.9 Å². The van der Waals surface area contributed by atoms with Crippen LogP contribution in [-0.2, 0) is 0 Å². The van der Waals surface area contributed by atoms with E-state index >= 15 is 0 Å². The SMILES string of the molecule is CCSc1ccc(-c2cncc(C(=O)C(C)C)c2)cc1. The minimum absolute atomic E-state index is 0.00428. The van der Waals surface area contributed by atoms with Crippen molar-refractivity contribution in [3.8, 4) is 11.1 Å². The van der Waals surface area contributed by atoms with Crippen molar-refractivity contribution in [3.63, 3.8) is 0 Å². The van der Waals surface area contributed by atoms with E-state index in [1.54, 1.807) is 12.4 Å². The van der Waals surface area contributed by atoms with Gasteiger partial charge in [-0.1, -0.05) is 32.9 Å². The average Bonchev–Trinajstić information content (AvgIpc) is 2.47. The Morgan fingerprint density at radius 1 is 1.15 bits per heavy atom. The molecule has 0 N–H and O–H groups in total. The second-order valence-corrected chi connectivity index (χ2v) is 6.28. The number of hydrogen-bond donors (Lipinski definition) is 0. The number of Topliss-reactive ketones (excluding diaryl/α,β-unsaturated/α-hetero) is 1. The molecule has 0 amide bonds. The molecule has 1 heterocycles. The number of hydrogen-bond acceptors (Lipinski definition) is 3. The Balaban J connectivity index is 2.28. The lowest BCUT2D eigenvalue weighted by Gasteiger charge is -2.07. The molecule has 0 aliphatic carbocycles. The van der Waals surface area contributed by atoms with Crippen molar-refractivity contribution >= 4 is 17.5 Å². The molecular formula is C17H19NOS. The topological polar surface area (TPSA) is 30.0 Å².